The smallest absolute Gasteiger partial charge is 0.0574 e. The second-order valence-electron chi connectivity index (χ2n) is 3.67. The largest absolute Gasteiger partial charge is 0.396 e. The highest BCUT2D eigenvalue weighted by Gasteiger charge is 2.32. The molecule has 0 atom stereocenters. The summed E-state index contributed by atoms with van der Waals surface area (Å²) in [6, 6.07) is 0. The van der Waals surface area contributed by atoms with Crippen molar-refractivity contribution in [1.82, 2.24) is 5.32 Å². The summed E-state index contributed by atoms with van der Waals surface area (Å²) < 4.78 is 0. The second kappa shape index (κ2) is 4.49. The van der Waals surface area contributed by atoms with Crippen LogP contribution in [0.15, 0.2) is 0 Å². The number of hydrogen-bond acceptors (Lipinski definition) is 2. The van der Waals surface area contributed by atoms with Crippen LogP contribution in [-0.4, -0.2) is 24.8 Å². The highest BCUT2D eigenvalue weighted by molar-refractivity contribution is 4.91. The topological polar surface area (TPSA) is 32.3 Å². The summed E-state index contributed by atoms with van der Waals surface area (Å²) in [6.07, 6.45) is 9.90. The molecule has 0 aromatic carbocycles. The van der Waals surface area contributed by atoms with Crippen molar-refractivity contribution in [2.24, 2.45) is 5.41 Å². The molecule has 0 amide bonds. The third kappa shape index (κ3) is 2.23. The maximum absolute atomic E-state index is 9.22. The Balaban J connectivity index is 2.30. The van der Waals surface area contributed by atoms with Gasteiger partial charge in [0.05, 0.1) is 6.54 Å². The Kier molecular flexibility index (Phi) is 3.58. The Hall–Kier alpha value is -0.520. The third-order valence-corrected chi connectivity index (χ3v) is 2.73. The molecule has 0 saturated heterocycles. The summed E-state index contributed by atoms with van der Waals surface area (Å²) in [5, 5.41) is 12.4. The number of aliphatic hydroxyl groups is 1. The minimum atomic E-state index is 0.136. The number of nitrogens with one attached hydrogen (secondary N) is 1. The molecule has 1 rings (SSSR count). The van der Waals surface area contributed by atoms with Gasteiger partial charge in [-0.05, 0) is 12.8 Å². The van der Waals surface area contributed by atoms with E-state index in [9.17, 15) is 5.11 Å². The maximum atomic E-state index is 9.22. The molecule has 68 valence electrons. The number of rotatable bonds is 4. The fourth-order valence-electron chi connectivity index (χ4n) is 1.92. The van der Waals surface area contributed by atoms with E-state index in [2.05, 4.69) is 11.2 Å². The van der Waals surface area contributed by atoms with E-state index < -0.39 is 0 Å². The monoisotopic (exact) mass is 167 g/mol. The Bertz CT molecular complexity index is 165. The summed E-state index contributed by atoms with van der Waals surface area (Å²) in [6.45, 7) is 1.78. The standard InChI is InChI=1S/C10H17NO/c1-2-7-11-8-10(9-12)5-3-4-6-10/h1,11-12H,3-9H2. The van der Waals surface area contributed by atoms with E-state index in [0.717, 1.165) is 19.4 Å². The summed E-state index contributed by atoms with van der Waals surface area (Å²) in [4.78, 5) is 0. The lowest BCUT2D eigenvalue weighted by Gasteiger charge is -2.26. The van der Waals surface area contributed by atoms with Gasteiger partial charge in [-0.2, -0.15) is 0 Å². The molecular weight excluding hydrogens is 150 g/mol. The van der Waals surface area contributed by atoms with E-state index in [4.69, 9.17) is 6.42 Å². The summed E-state index contributed by atoms with van der Waals surface area (Å²) in [7, 11) is 0. The first-order valence-electron chi connectivity index (χ1n) is 4.58. The van der Waals surface area contributed by atoms with Crippen LogP contribution in [0.5, 0.6) is 0 Å². The molecule has 0 bridgehead atoms. The van der Waals surface area contributed by atoms with E-state index in [1.807, 2.05) is 0 Å². The lowest BCUT2D eigenvalue weighted by molar-refractivity contribution is 0.130. The van der Waals surface area contributed by atoms with E-state index in [0.29, 0.717) is 13.2 Å². The number of hydrogen-bond donors (Lipinski definition) is 2. The van der Waals surface area contributed by atoms with Gasteiger partial charge in [0.15, 0.2) is 0 Å². The number of terminal acetylenes is 1. The fourth-order valence-corrected chi connectivity index (χ4v) is 1.92. The fraction of sp³-hybridized carbons (Fsp3) is 0.800. The van der Waals surface area contributed by atoms with Gasteiger partial charge in [0.1, 0.15) is 0 Å². The molecule has 0 aromatic rings. The van der Waals surface area contributed by atoms with Gasteiger partial charge < -0.3 is 10.4 Å². The molecule has 1 aliphatic rings. The van der Waals surface area contributed by atoms with Crippen molar-refractivity contribution in [3.8, 4) is 12.3 Å². The average molecular weight is 167 g/mol. The molecule has 0 spiro atoms. The molecule has 2 heteroatoms. The molecule has 0 aromatic heterocycles. The first kappa shape index (κ1) is 9.57. The Morgan fingerprint density at radius 2 is 2.08 bits per heavy atom. The van der Waals surface area contributed by atoms with Crippen LogP contribution in [0.2, 0.25) is 0 Å². The molecular formula is C10H17NO. The highest BCUT2D eigenvalue weighted by Crippen LogP contribution is 2.36. The van der Waals surface area contributed by atoms with Crippen molar-refractivity contribution < 1.29 is 5.11 Å². The Morgan fingerprint density at radius 1 is 1.42 bits per heavy atom. The first-order chi connectivity index (χ1) is 5.83. The Labute approximate surface area is 74.4 Å². The van der Waals surface area contributed by atoms with Crippen LogP contribution in [0.25, 0.3) is 0 Å². The van der Waals surface area contributed by atoms with Gasteiger partial charge in [-0.15, -0.1) is 6.42 Å². The van der Waals surface area contributed by atoms with Crippen molar-refractivity contribution >= 4 is 0 Å². The van der Waals surface area contributed by atoms with Crippen LogP contribution in [-0.2, 0) is 0 Å². The molecule has 1 fully saturated rings. The van der Waals surface area contributed by atoms with E-state index in [1.54, 1.807) is 0 Å². The molecule has 2 N–H and O–H groups in total. The normalized spacial score (nSPS) is 20.7. The summed E-state index contributed by atoms with van der Waals surface area (Å²) >= 11 is 0. The van der Waals surface area contributed by atoms with E-state index >= 15 is 0 Å². The molecule has 0 unspecified atom stereocenters. The maximum Gasteiger partial charge on any atom is 0.0574 e. The van der Waals surface area contributed by atoms with Gasteiger partial charge in [-0.3, -0.25) is 0 Å². The minimum absolute atomic E-state index is 0.136. The predicted octanol–water partition coefficient (Wildman–Crippen LogP) is 0.762. The number of aliphatic hydroxyl groups excluding tert-OH is 1. The minimum Gasteiger partial charge on any atom is -0.396 e. The quantitative estimate of drug-likeness (QED) is 0.478. The van der Waals surface area contributed by atoms with Gasteiger partial charge in [-0.25, -0.2) is 0 Å². The van der Waals surface area contributed by atoms with Crippen LogP contribution in [0.1, 0.15) is 25.7 Å². The zero-order valence-electron chi connectivity index (χ0n) is 7.47. The molecule has 0 aliphatic heterocycles. The van der Waals surface area contributed by atoms with Gasteiger partial charge in [-0.1, -0.05) is 18.8 Å². The van der Waals surface area contributed by atoms with Gasteiger partial charge >= 0.3 is 0 Å². The van der Waals surface area contributed by atoms with Crippen LogP contribution >= 0.6 is 0 Å². The van der Waals surface area contributed by atoms with E-state index in [1.165, 1.54) is 12.8 Å². The third-order valence-electron chi connectivity index (χ3n) is 2.73. The molecule has 1 aliphatic carbocycles. The van der Waals surface area contributed by atoms with Crippen molar-refractivity contribution in [3.63, 3.8) is 0 Å². The van der Waals surface area contributed by atoms with Crippen molar-refractivity contribution in [2.75, 3.05) is 19.7 Å². The Morgan fingerprint density at radius 3 is 2.58 bits per heavy atom. The molecule has 2 nitrogen and oxygen atoms in total. The molecule has 12 heavy (non-hydrogen) atoms. The summed E-state index contributed by atoms with van der Waals surface area (Å²) in [5.41, 5.74) is 0.136. The zero-order valence-corrected chi connectivity index (χ0v) is 7.47. The second-order valence-corrected chi connectivity index (χ2v) is 3.67. The van der Waals surface area contributed by atoms with E-state index in [-0.39, 0.29) is 5.41 Å². The van der Waals surface area contributed by atoms with Crippen LogP contribution < -0.4 is 5.32 Å². The van der Waals surface area contributed by atoms with Crippen LogP contribution in [0, 0.1) is 17.8 Å². The lowest BCUT2D eigenvalue weighted by atomic mass is 9.87. The average Bonchev–Trinajstić information content (AvgIpc) is 2.55. The summed E-state index contributed by atoms with van der Waals surface area (Å²) in [5.74, 6) is 2.54. The first-order valence-corrected chi connectivity index (χ1v) is 4.58. The van der Waals surface area contributed by atoms with Crippen molar-refractivity contribution in [3.05, 3.63) is 0 Å². The zero-order chi connectivity index (χ0) is 8.86. The highest BCUT2D eigenvalue weighted by atomic mass is 16.3. The molecule has 1 saturated carbocycles. The predicted molar refractivity (Wildman–Crippen MR) is 49.7 cm³/mol. The van der Waals surface area contributed by atoms with Gasteiger partial charge in [0, 0.05) is 18.6 Å². The van der Waals surface area contributed by atoms with Gasteiger partial charge in [0.2, 0.25) is 0 Å². The van der Waals surface area contributed by atoms with Crippen molar-refractivity contribution in [2.45, 2.75) is 25.7 Å². The SMILES string of the molecule is C#CCNCC1(CO)CCCC1. The van der Waals surface area contributed by atoms with Gasteiger partial charge in [0.25, 0.3) is 0 Å². The van der Waals surface area contributed by atoms with Crippen LogP contribution in [0.4, 0.5) is 0 Å². The van der Waals surface area contributed by atoms with Crippen molar-refractivity contribution in [1.29, 1.82) is 0 Å². The van der Waals surface area contributed by atoms with Crippen LogP contribution in [0.3, 0.4) is 0 Å². The lowest BCUT2D eigenvalue weighted by Crippen LogP contribution is -2.35. The molecule has 0 heterocycles. The molecule has 0 radical (unpaired) electrons.